The van der Waals surface area contributed by atoms with E-state index in [-0.39, 0.29) is 0 Å². The average Bonchev–Trinajstić information content (AvgIpc) is 3.13. The van der Waals surface area contributed by atoms with Gasteiger partial charge in [-0.05, 0) is 43.0 Å². The number of rotatable bonds is 9. The maximum Gasteiger partial charge on any atom is 0.119 e. The normalized spacial score (nSPS) is 21.0. The van der Waals surface area contributed by atoms with Gasteiger partial charge in [-0.2, -0.15) is 0 Å². The van der Waals surface area contributed by atoms with E-state index >= 15 is 0 Å². The first kappa shape index (κ1) is 16.3. The van der Waals surface area contributed by atoms with Gasteiger partial charge in [0.15, 0.2) is 0 Å². The van der Waals surface area contributed by atoms with Crippen molar-refractivity contribution in [3.05, 3.63) is 29.8 Å². The van der Waals surface area contributed by atoms with Crippen molar-refractivity contribution in [2.24, 2.45) is 11.8 Å². The highest BCUT2D eigenvalue weighted by atomic mass is 16.5. The van der Waals surface area contributed by atoms with E-state index in [2.05, 4.69) is 62.3 Å². The van der Waals surface area contributed by atoms with E-state index in [0.29, 0.717) is 6.04 Å². The summed E-state index contributed by atoms with van der Waals surface area (Å²) in [5.41, 5.74) is 1.30. The number of nitrogens with zero attached hydrogens (tertiary/aromatic N) is 1. The molecule has 0 heterocycles. The monoisotopic (exact) mass is 290 g/mol. The molecule has 0 amide bonds. The van der Waals surface area contributed by atoms with E-state index in [9.17, 15) is 0 Å². The molecule has 1 aromatic carbocycles. The molecule has 3 nitrogen and oxygen atoms in total. The summed E-state index contributed by atoms with van der Waals surface area (Å²) >= 11 is 0. The van der Waals surface area contributed by atoms with Crippen molar-refractivity contribution in [2.45, 2.75) is 39.8 Å². The molecule has 2 atom stereocenters. The highest BCUT2D eigenvalue weighted by Gasteiger charge is 2.32. The second-order valence-electron chi connectivity index (χ2n) is 6.76. The van der Waals surface area contributed by atoms with Crippen molar-refractivity contribution in [3.8, 4) is 5.75 Å². The van der Waals surface area contributed by atoms with Crippen LogP contribution >= 0.6 is 0 Å². The van der Waals surface area contributed by atoms with Crippen LogP contribution in [-0.2, 0) is 6.54 Å². The largest absolute Gasteiger partial charge is 0.492 e. The van der Waals surface area contributed by atoms with Crippen molar-refractivity contribution in [3.63, 3.8) is 0 Å². The lowest BCUT2D eigenvalue weighted by Gasteiger charge is -2.17. The molecule has 0 aromatic heterocycles. The van der Waals surface area contributed by atoms with Crippen molar-refractivity contribution in [1.29, 1.82) is 0 Å². The van der Waals surface area contributed by atoms with Crippen molar-refractivity contribution in [1.82, 2.24) is 10.2 Å². The molecular weight excluding hydrogens is 260 g/mol. The molecule has 118 valence electrons. The molecule has 1 aliphatic carbocycles. The van der Waals surface area contributed by atoms with Crippen LogP contribution in [0.5, 0.6) is 5.75 Å². The Morgan fingerprint density at radius 3 is 2.52 bits per heavy atom. The number of benzene rings is 1. The Balaban J connectivity index is 1.63. The van der Waals surface area contributed by atoms with Crippen LogP contribution in [0.1, 0.15) is 32.8 Å². The minimum atomic E-state index is 0.519. The van der Waals surface area contributed by atoms with Gasteiger partial charge in [0.25, 0.3) is 0 Å². The molecule has 1 saturated carbocycles. The standard InChI is InChI=1S/C18H30N2O/c1-14(2)19-12-16-5-7-18(8-6-16)21-10-9-20(4)13-17-11-15(17)3/h5-8,14-15,17,19H,9-13H2,1-4H3. The quantitative estimate of drug-likeness (QED) is 0.756. The molecule has 0 saturated heterocycles. The van der Waals surface area contributed by atoms with Gasteiger partial charge in [0, 0.05) is 25.7 Å². The predicted molar refractivity (Wildman–Crippen MR) is 88.7 cm³/mol. The fourth-order valence-corrected chi connectivity index (χ4v) is 2.49. The summed E-state index contributed by atoms with van der Waals surface area (Å²) in [4.78, 5) is 2.38. The Bertz CT molecular complexity index is 416. The van der Waals surface area contributed by atoms with Crippen LogP contribution in [0.4, 0.5) is 0 Å². The first-order valence-corrected chi connectivity index (χ1v) is 8.18. The van der Waals surface area contributed by atoms with Crippen molar-refractivity contribution < 1.29 is 4.74 Å². The van der Waals surface area contributed by atoms with Gasteiger partial charge in [0.05, 0.1) is 0 Å². The van der Waals surface area contributed by atoms with Gasteiger partial charge in [-0.15, -0.1) is 0 Å². The topological polar surface area (TPSA) is 24.5 Å². The van der Waals surface area contributed by atoms with Crippen LogP contribution in [-0.4, -0.2) is 37.7 Å². The highest BCUT2D eigenvalue weighted by molar-refractivity contribution is 5.27. The second-order valence-corrected chi connectivity index (χ2v) is 6.76. The Morgan fingerprint density at radius 1 is 1.29 bits per heavy atom. The number of likely N-dealkylation sites (N-methyl/N-ethyl adjacent to an activating group) is 1. The van der Waals surface area contributed by atoms with Gasteiger partial charge in [0.2, 0.25) is 0 Å². The first-order chi connectivity index (χ1) is 10.0. The highest BCUT2D eigenvalue weighted by Crippen LogP contribution is 2.37. The maximum atomic E-state index is 5.82. The van der Waals surface area contributed by atoms with E-state index in [0.717, 1.165) is 37.3 Å². The van der Waals surface area contributed by atoms with Crippen LogP contribution in [0.3, 0.4) is 0 Å². The fourth-order valence-electron chi connectivity index (χ4n) is 2.49. The summed E-state index contributed by atoms with van der Waals surface area (Å²) in [6.45, 7) is 10.6. The van der Waals surface area contributed by atoms with Crippen LogP contribution in [0, 0.1) is 11.8 Å². The number of nitrogens with one attached hydrogen (secondary N) is 1. The summed E-state index contributed by atoms with van der Waals surface area (Å²) in [6, 6.07) is 8.94. The third-order valence-electron chi connectivity index (χ3n) is 4.20. The zero-order valence-electron chi connectivity index (χ0n) is 13.9. The molecule has 21 heavy (non-hydrogen) atoms. The Morgan fingerprint density at radius 2 is 1.95 bits per heavy atom. The number of hydrogen-bond acceptors (Lipinski definition) is 3. The van der Waals surface area contributed by atoms with Crippen LogP contribution < -0.4 is 10.1 Å². The first-order valence-electron chi connectivity index (χ1n) is 8.18. The van der Waals surface area contributed by atoms with Crippen LogP contribution in [0.15, 0.2) is 24.3 Å². The lowest BCUT2D eigenvalue weighted by atomic mass is 10.2. The summed E-state index contributed by atoms with van der Waals surface area (Å²) < 4.78 is 5.82. The van der Waals surface area contributed by atoms with Gasteiger partial charge >= 0.3 is 0 Å². The molecule has 1 fully saturated rings. The number of ether oxygens (including phenoxy) is 1. The van der Waals surface area contributed by atoms with Gasteiger partial charge < -0.3 is 15.0 Å². The summed E-state index contributed by atoms with van der Waals surface area (Å²) in [5.74, 6) is 2.82. The molecule has 1 N–H and O–H groups in total. The lowest BCUT2D eigenvalue weighted by molar-refractivity contribution is 0.230. The fraction of sp³-hybridized carbons (Fsp3) is 0.667. The molecule has 0 spiro atoms. The lowest BCUT2D eigenvalue weighted by Crippen LogP contribution is -2.26. The molecule has 1 aliphatic rings. The maximum absolute atomic E-state index is 5.82. The minimum Gasteiger partial charge on any atom is -0.492 e. The van der Waals surface area contributed by atoms with Gasteiger partial charge in [-0.3, -0.25) is 0 Å². The third kappa shape index (κ3) is 6.06. The SMILES string of the molecule is CC(C)NCc1ccc(OCCN(C)CC2CC2C)cc1. The van der Waals surface area contributed by atoms with Crippen LogP contribution in [0.2, 0.25) is 0 Å². The Kier molecular flexibility index (Phi) is 6.07. The summed E-state index contributed by atoms with van der Waals surface area (Å²) in [6.07, 6.45) is 1.40. The zero-order valence-corrected chi connectivity index (χ0v) is 13.9. The van der Waals surface area contributed by atoms with E-state index in [1.54, 1.807) is 0 Å². The molecule has 0 aliphatic heterocycles. The van der Waals surface area contributed by atoms with E-state index < -0.39 is 0 Å². The molecule has 3 heteroatoms. The molecule has 2 rings (SSSR count). The minimum absolute atomic E-state index is 0.519. The van der Waals surface area contributed by atoms with Gasteiger partial charge in [-0.25, -0.2) is 0 Å². The Labute approximate surface area is 129 Å². The van der Waals surface area contributed by atoms with Crippen molar-refractivity contribution in [2.75, 3.05) is 26.7 Å². The summed E-state index contributed by atoms with van der Waals surface area (Å²) in [7, 11) is 2.19. The smallest absolute Gasteiger partial charge is 0.119 e. The second kappa shape index (κ2) is 7.81. The molecule has 0 radical (unpaired) electrons. The molecule has 0 bridgehead atoms. The van der Waals surface area contributed by atoms with Gasteiger partial charge in [-0.1, -0.05) is 32.9 Å². The molecular formula is C18H30N2O. The average molecular weight is 290 g/mol. The predicted octanol–water partition coefficient (Wildman–Crippen LogP) is 3.15. The van der Waals surface area contributed by atoms with E-state index in [4.69, 9.17) is 4.74 Å². The number of hydrogen-bond donors (Lipinski definition) is 1. The zero-order chi connectivity index (χ0) is 15.2. The Hall–Kier alpha value is -1.06. The van der Waals surface area contributed by atoms with E-state index in [1.807, 2.05) is 0 Å². The molecule has 1 aromatic rings. The van der Waals surface area contributed by atoms with Crippen molar-refractivity contribution >= 4 is 0 Å². The summed E-state index contributed by atoms with van der Waals surface area (Å²) in [5, 5.41) is 3.42. The van der Waals surface area contributed by atoms with Gasteiger partial charge in [0.1, 0.15) is 12.4 Å². The van der Waals surface area contributed by atoms with E-state index in [1.165, 1.54) is 18.5 Å². The van der Waals surface area contributed by atoms with Crippen LogP contribution in [0.25, 0.3) is 0 Å². The third-order valence-corrected chi connectivity index (χ3v) is 4.20. The molecule has 2 unspecified atom stereocenters.